The summed E-state index contributed by atoms with van der Waals surface area (Å²) in [6.45, 7) is 2.34. The van der Waals surface area contributed by atoms with Gasteiger partial charge in [0.15, 0.2) is 0 Å². The first kappa shape index (κ1) is 15.3. The molecule has 0 saturated carbocycles. The smallest absolute Gasteiger partial charge is 0.310 e. The van der Waals surface area contributed by atoms with Gasteiger partial charge in [-0.15, -0.1) is 0 Å². The Kier molecular flexibility index (Phi) is 5.96. The Morgan fingerprint density at radius 2 is 2.06 bits per heavy atom. The predicted molar refractivity (Wildman–Crippen MR) is 67.8 cm³/mol. The zero-order chi connectivity index (χ0) is 13.6. The molecule has 5 heteroatoms. The summed E-state index contributed by atoms with van der Waals surface area (Å²) < 4.78 is 36.0. The van der Waals surface area contributed by atoms with Crippen molar-refractivity contribution in [2.45, 2.75) is 38.4 Å². The van der Waals surface area contributed by atoms with E-state index in [9.17, 15) is 13.2 Å². The van der Waals surface area contributed by atoms with Crippen LogP contribution in [0.1, 0.15) is 37.8 Å². The van der Waals surface area contributed by atoms with Gasteiger partial charge in [0.1, 0.15) is 0 Å². The molecule has 0 amide bonds. The quantitative estimate of drug-likeness (QED) is 0.743. The Morgan fingerprint density at radius 3 is 2.61 bits per heavy atom. The highest BCUT2D eigenvalue weighted by molar-refractivity contribution is 6.30. The van der Waals surface area contributed by atoms with E-state index in [4.69, 9.17) is 11.6 Å². The van der Waals surface area contributed by atoms with E-state index < -0.39 is 12.6 Å². The molecule has 0 heterocycles. The first-order chi connectivity index (χ1) is 8.42. The fraction of sp³-hybridized carbons (Fsp3) is 0.538. The van der Waals surface area contributed by atoms with E-state index in [2.05, 4.69) is 5.32 Å². The van der Waals surface area contributed by atoms with Crippen molar-refractivity contribution in [1.82, 2.24) is 5.32 Å². The lowest BCUT2D eigenvalue weighted by atomic mass is 10.0. The second-order valence-electron chi connectivity index (χ2n) is 4.19. The first-order valence-electron chi connectivity index (χ1n) is 5.98. The maximum Gasteiger partial charge on any atom is 0.389 e. The van der Waals surface area contributed by atoms with E-state index in [1.807, 2.05) is 25.1 Å². The van der Waals surface area contributed by atoms with Crippen molar-refractivity contribution < 1.29 is 13.2 Å². The van der Waals surface area contributed by atoms with Crippen LogP contribution in [-0.2, 0) is 0 Å². The second-order valence-corrected chi connectivity index (χ2v) is 4.63. The fourth-order valence-electron chi connectivity index (χ4n) is 1.79. The number of hydrogen-bond acceptors (Lipinski definition) is 1. The molecule has 1 nitrogen and oxygen atoms in total. The van der Waals surface area contributed by atoms with Crippen molar-refractivity contribution in [2.24, 2.45) is 0 Å². The molecule has 1 rings (SSSR count). The third-order valence-electron chi connectivity index (χ3n) is 2.69. The first-order valence-corrected chi connectivity index (χ1v) is 6.36. The van der Waals surface area contributed by atoms with Gasteiger partial charge in [-0.2, -0.15) is 13.2 Å². The minimum absolute atomic E-state index is 0.0527. The Morgan fingerprint density at radius 1 is 1.33 bits per heavy atom. The summed E-state index contributed by atoms with van der Waals surface area (Å²) in [5, 5.41) is 3.77. The zero-order valence-electron chi connectivity index (χ0n) is 10.2. The van der Waals surface area contributed by atoms with Gasteiger partial charge < -0.3 is 5.32 Å². The minimum Gasteiger partial charge on any atom is -0.310 e. The van der Waals surface area contributed by atoms with Crippen LogP contribution in [0.25, 0.3) is 0 Å². The maximum atomic E-state index is 12.0. The number of alkyl halides is 3. The third-order valence-corrected chi connectivity index (χ3v) is 2.92. The van der Waals surface area contributed by atoms with Gasteiger partial charge in [-0.3, -0.25) is 0 Å². The van der Waals surface area contributed by atoms with E-state index in [1.165, 1.54) is 0 Å². The van der Waals surface area contributed by atoms with Crippen molar-refractivity contribution >= 4 is 11.6 Å². The second kappa shape index (κ2) is 7.00. The molecule has 1 unspecified atom stereocenters. The molecule has 1 aromatic rings. The molecular weight excluding hydrogens is 263 g/mol. The van der Waals surface area contributed by atoms with Gasteiger partial charge in [-0.1, -0.05) is 30.7 Å². The summed E-state index contributed by atoms with van der Waals surface area (Å²) in [6.07, 6.45) is -3.90. The van der Waals surface area contributed by atoms with Crippen molar-refractivity contribution in [2.75, 3.05) is 6.54 Å². The lowest BCUT2D eigenvalue weighted by molar-refractivity contribution is -0.135. The minimum atomic E-state index is -4.07. The van der Waals surface area contributed by atoms with Crippen LogP contribution in [0.4, 0.5) is 13.2 Å². The van der Waals surface area contributed by atoms with E-state index >= 15 is 0 Å². The molecule has 0 aromatic heterocycles. The molecule has 0 aliphatic carbocycles. The van der Waals surface area contributed by atoms with Gasteiger partial charge in [-0.25, -0.2) is 0 Å². The van der Waals surface area contributed by atoms with E-state index in [1.54, 1.807) is 6.07 Å². The highest BCUT2D eigenvalue weighted by Crippen LogP contribution is 2.22. The van der Waals surface area contributed by atoms with Crippen LogP contribution in [0.2, 0.25) is 5.02 Å². The molecule has 0 aliphatic rings. The molecule has 0 aliphatic heterocycles. The molecule has 0 radical (unpaired) electrons. The molecule has 1 N–H and O–H groups in total. The summed E-state index contributed by atoms with van der Waals surface area (Å²) >= 11 is 5.89. The SMILES string of the molecule is CCC(NCCCC(F)(F)F)c1cccc(Cl)c1. The predicted octanol–water partition coefficient (Wildman–Crippen LogP) is 4.72. The Bertz CT molecular complexity index is 365. The number of rotatable bonds is 6. The Balaban J connectivity index is 2.43. The fourth-order valence-corrected chi connectivity index (χ4v) is 1.99. The van der Waals surface area contributed by atoms with E-state index in [-0.39, 0.29) is 12.5 Å². The van der Waals surface area contributed by atoms with E-state index in [0.29, 0.717) is 11.6 Å². The maximum absolute atomic E-state index is 12.0. The molecule has 0 bridgehead atoms. The Hall–Kier alpha value is -0.740. The molecule has 1 aromatic carbocycles. The van der Waals surface area contributed by atoms with Crippen LogP contribution in [0.15, 0.2) is 24.3 Å². The lowest BCUT2D eigenvalue weighted by Crippen LogP contribution is -2.23. The zero-order valence-corrected chi connectivity index (χ0v) is 11.0. The van der Waals surface area contributed by atoms with Crippen LogP contribution >= 0.6 is 11.6 Å². The van der Waals surface area contributed by atoms with Gasteiger partial charge in [0.2, 0.25) is 0 Å². The number of nitrogens with one attached hydrogen (secondary N) is 1. The van der Waals surface area contributed by atoms with Gasteiger partial charge >= 0.3 is 6.18 Å². The average Bonchev–Trinajstić information content (AvgIpc) is 2.27. The summed E-state index contributed by atoms with van der Waals surface area (Å²) in [7, 11) is 0. The van der Waals surface area contributed by atoms with Gasteiger partial charge in [-0.05, 0) is 37.1 Å². The highest BCUT2D eigenvalue weighted by Gasteiger charge is 2.26. The summed E-state index contributed by atoms with van der Waals surface area (Å²) in [5.74, 6) is 0. The largest absolute Gasteiger partial charge is 0.389 e. The van der Waals surface area contributed by atoms with Crippen LogP contribution in [0.3, 0.4) is 0 Å². The van der Waals surface area contributed by atoms with Crippen LogP contribution in [-0.4, -0.2) is 12.7 Å². The monoisotopic (exact) mass is 279 g/mol. The van der Waals surface area contributed by atoms with Crippen LogP contribution in [0, 0.1) is 0 Å². The molecule has 102 valence electrons. The van der Waals surface area contributed by atoms with Crippen LogP contribution < -0.4 is 5.32 Å². The summed E-state index contributed by atoms with van der Waals surface area (Å²) in [4.78, 5) is 0. The number of hydrogen-bond donors (Lipinski definition) is 1. The Labute approximate surface area is 110 Å². The van der Waals surface area contributed by atoms with Gasteiger partial charge in [0.25, 0.3) is 0 Å². The number of benzene rings is 1. The van der Waals surface area contributed by atoms with Crippen molar-refractivity contribution in [1.29, 1.82) is 0 Å². The molecule has 1 atom stereocenters. The van der Waals surface area contributed by atoms with E-state index in [0.717, 1.165) is 12.0 Å². The number of halogens is 4. The molecule has 0 saturated heterocycles. The molecule has 0 fully saturated rings. The standard InChI is InChI=1S/C13H17ClF3N/c1-2-12(10-5-3-6-11(14)9-10)18-8-4-7-13(15,16)17/h3,5-6,9,12,18H,2,4,7-8H2,1H3. The summed E-state index contributed by atoms with van der Waals surface area (Å²) in [6, 6.07) is 7.44. The summed E-state index contributed by atoms with van der Waals surface area (Å²) in [5.41, 5.74) is 1.01. The van der Waals surface area contributed by atoms with Gasteiger partial charge in [0, 0.05) is 17.5 Å². The molecule has 18 heavy (non-hydrogen) atoms. The van der Waals surface area contributed by atoms with Crippen molar-refractivity contribution in [3.8, 4) is 0 Å². The van der Waals surface area contributed by atoms with Crippen molar-refractivity contribution in [3.05, 3.63) is 34.9 Å². The normalized spacial score (nSPS) is 13.6. The highest BCUT2D eigenvalue weighted by atomic mass is 35.5. The molecule has 0 spiro atoms. The van der Waals surface area contributed by atoms with Crippen LogP contribution in [0.5, 0.6) is 0 Å². The molecular formula is C13H17ClF3N. The average molecular weight is 280 g/mol. The van der Waals surface area contributed by atoms with Gasteiger partial charge in [0.05, 0.1) is 0 Å². The topological polar surface area (TPSA) is 12.0 Å². The lowest BCUT2D eigenvalue weighted by Gasteiger charge is -2.18. The van der Waals surface area contributed by atoms with Crippen molar-refractivity contribution in [3.63, 3.8) is 0 Å². The third kappa shape index (κ3) is 5.74.